The molecular formula is C15H23ClN2O2. The van der Waals surface area contributed by atoms with Crippen molar-refractivity contribution < 1.29 is 9.90 Å². The van der Waals surface area contributed by atoms with Crippen molar-refractivity contribution in [2.75, 3.05) is 13.1 Å². The van der Waals surface area contributed by atoms with Gasteiger partial charge in [0.15, 0.2) is 0 Å². The topological polar surface area (TPSA) is 52.6 Å². The summed E-state index contributed by atoms with van der Waals surface area (Å²) in [4.78, 5) is 13.9. The highest BCUT2D eigenvalue weighted by molar-refractivity contribution is 6.30. The van der Waals surface area contributed by atoms with Crippen molar-refractivity contribution in [3.8, 4) is 0 Å². The second-order valence-electron chi connectivity index (χ2n) is 5.28. The summed E-state index contributed by atoms with van der Waals surface area (Å²) in [5.41, 5.74) is 1.01. The summed E-state index contributed by atoms with van der Waals surface area (Å²) in [5, 5.41) is 13.0. The minimum absolute atomic E-state index is 0.0469. The van der Waals surface area contributed by atoms with Crippen LogP contribution in [-0.2, 0) is 11.3 Å². The Morgan fingerprint density at radius 1 is 1.30 bits per heavy atom. The maximum absolute atomic E-state index is 11.9. The molecule has 20 heavy (non-hydrogen) atoms. The quantitative estimate of drug-likeness (QED) is 0.810. The molecule has 5 heteroatoms. The van der Waals surface area contributed by atoms with Gasteiger partial charge < -0.3 is 10.4 Å². The molecule has 0 saturated carbocycles. The average Bonchev–Trinajstić information content (AvgIpc) is 2.36. The van der Waals surface area contributed by atoms with Crippen LogP contribution in [0.1, 0.15) is 26.3 Å². The number of nitrogens with zero attached hydrogens (tertiary/aromatic N) is 1. The van der Waals surface area contributed by atoms with Crippen LogP contribution < -0.4 is 5.32 Å². The molecule has 4 nitrogen and oxygen atoms in total. The van der Waals surface area contributed by atoms with Crippen LogP contribution in [0.15, 0.2) is 24.3 Å². The summed E-state index contributed by atoms with van der Waals surface area (Å²) in [5.74, 6) is -0.0469. The Morgan fingerprint density at radius 2 is 1.90 bits per heavy atom. The third-order valence-corrected chi connectivity index (χ3v) is 3.23. The Hall–Kier alpha value is -1.10. The number of nitrogens with one attached hydrogen (secondary N) is 1. The number of hydrogen-bond acceptors (Lipinski definition) is 3. The molecule has 1 rings (SSSR count). The highest BCUT2D eigenvalue weighted by Gasteiger charge is 2.15. The fourth-order valence-electron chi connectivity index (χ4n) is 1.84. The van der Waals surface area contributed by atoms with Gasteiger partial charge >= 0.3 is 0 Å². The molecule has 1 aromatic carbocycles. The molecule has 0 saturated heterocycles. The Bertz CT molecular complexity index is 418. The summed E-state index contributed by atoms with van der Waals surface area (Å²) in [6.45, 7) is 7.00. The smallest absolute Gasteiger partial charge is 0.234 e. The van der Waals surface area contributed by atoms with Gasteiger partial charge in [-0.25, -0.2) is 0 Å². The molecular weight excluding hydrogens is 276 g/mol. The molecule has 0 unspecified atom stereocenters. The molecule has 0 heterocycles. The summed E-state index contributed by atoms with van der Waals surface area (Å²) in [6, 6.07) is 7.59. The van der Waals surface area contributed by atoms with Gasteiger partial charge in [-0.2, -0.15) is 0 Å². The summed E-state index contributed by atoms with van der Waals surface area (Å²) >= 11 is 5.81. The molecule has 0 aliphatic heterocycles. The second-order valence-corrected chi connectivity index (χ2v) is 5.71. The molecule has 1 atom stereocenters. The van der Waals surface area contributed by atoms with E-state index in [9.17, 15) is 9.90 Å². The van der Waals surface area contributed by atoms with Crippen LogP contribution in [0, 0.1) is 0 Å². The van der Waals surface area contributed by atoms with Crippen LogP contribution >= 0.6 is 11.6 Å². The normalized spacial score (nSPS) is 12.8. The molecule has 0 fully saturated rings. The first kappa shape index (κ1) is 17.0. The number of amides is 1. The predicted molar refractivity (Wildman–Crippen MR) is 81.7 cm³/mol. The van der Waals surface area contributed by atoms with E-state index in [4.69, 9.17) is 11.6 Å². The van der Waals surface area contributed by atoms with Gasteiger partial charge in [0, 0.05) is 24.2 Å². The fourth-order valence-corrected chi connectivity index (χ4v) is 1.97. The first-order chi connectivity index (χ1) is 9.38. The lowest BCUT2D eigenvalue weighted by Gasteiger charge is -2.26. The number of aliphatic hydroxyl groups is 1. The molecule has 0 radical (unpaired) electrons. The van der Waals surface area contributed by atoms with Gasteiger partial charge in [-0.3, -0.25) is 9.69 Å². The zero-order chi connectivity index (χ0) is 15.1. The summed E-state index contributed by atoms with van der Waals surface area (Å²) in [7, 11) is 0. The minimum atomic E-state index is -0.443. The number of benzene rings is 1. The van der Waals surface area contributed by atoms with E-state index in [1.807, 2.05) is 30.9 Å². The Morgan fingerprint density at radius 3 is 2.40 bits per heavy atom. The standard InChI is InChI=1S/C15H23ClN2O2/c1-11(2)18(9-12(3)19)10-15(20)17-8-13-4-6-14(16)7-5-13/h4-7,11-12,19H,8-10H2,1-3H3,(H,17,20)/t12-/m1/s1. The zero-order valence-electron chi connectivity index (χ0n) is 12.3. The van der Waals surface area contributed by atoms with E-state index in [1.165, 1.54) is 0 Å². The van der Waals surface area contributed by atoms with Crippen molar-refractivity contribution in [2.24, 2.45) is 0 Å². The Balaban J connectivity index is 2.43. The van der Waals surface area contributed by atoms with Crippen molar-refractivity contribution in [1.29, 1.82) is 0 Å². The van der Waals surface area contributed by atoms with Gasteiger partial charge in [0.25, 0.3) is 0 Å². The molecule has 2 N–H and O–H groups in total. The molecule has 1 aromatic rings. The first-order valence-electron chi connectivity index (χ1n) is 6.81. The van der Waals surface area contributed by atoms with Gasteiger partial charge in [0.2, 0.25) is 5.91 Å². The predicted octanol–water partition coefficient (Wildman–Crippen LogP) is 2.05. The van der Waals surface area contributed by atoms with E-state index >= 15 is 0 Å². The van der Waals surface area contributed by atoms with Crippen LogP contribution in [0.5, 0.6) is 0 Å². The van der Waals surface area contributed by atoms with E-state index in [1.54, 1.807) is 19.1 Å². The highest BCUT2D eigenvalue weighted by atomic mass is 35.5. The molecule has 0 aliphatic carbocycles. The first-order valence-corrected chi connectivity index (χ1v) is 7.19. The summed E-state index contributed by atoms with van der Waals surface area (Å²) < 4.78 is 0. The van der Waals surface area contributed by atoms with Crippen LogP contribution in [-0.4, -0.2) is 41.1 Å². The van der Waals surface area contributed by atoms with Gasteiger partial charge in [-0.1, -0.05) is 23.7 Å². The number of carbonyl (C=O) groups is 1. The number of hydrogen-bond donors (Lipinski definition) is 2. The van der Waals surface area contributed by atoms with Crippen molar-refractivity contribution in [2.45, 2.75) is 39.5 Å². The van der Waals surface area contributed by atoms with Gasteiger partial charge in [0.05, 0.1) is 12.6 Å². The Kier molecular flexibility index (Phi) is 6.99. The maximum Gasteiger partial charge on any atom is 0.234 e. The number of carbonyl (C=O) groups excluding carboxylic acids is 1. The summed E-state index contributed by atoms with van der Waals surface area (Å²) in [6.07, 6.45) is -0.443. The van der Waals surface area contributed by atoms with Gasteiger partial charge in [0.1, 0.15) is 0 Å². The van der Waals surface area contributed by atoms with E-state index in [-0.39, 0.29) is 18.5 Å². The third-order valence-electron chi connectivity index (χ3n) is 2.98. The molecule has 1 amide bonds. The monoisotopic (exact) mass is 298 g/mol. The van der Waals surface area contributed by atoms with Crippen LogP contribution in [0.3, 0.4) is 0 Å². The van der Waals surface area contributed by atoms with E-state index in [0.29, 0.717) is 18.1 Å². The molecule has 112 valence electrons. The van der Waals surface area contributed by atoms with Crippen molar-refractivity contribution >= 4 is 17.5 Å². The fraction of sp³-hybridized carbons (Fsp3) is 0.533. The SMILES string of the molecule is CC(C)N(CC(=O)NCc1ccc(Cl)cc1)C[C@@H](C)O. The second kappa shape index (κ2) is 8.25. The number of aliphatic hydroxyl groups excluding tert-OH is 1. The number of rotatable bonds is 7. The van der Waals surface area contributed by atoms with Gasteiger partial charge in [-0.15, -0.1) is 0 Å². The third kappa shape index (κ3) is 6.37. The largest absolute Gasteiger partial charge is 0.392 e. The minimum Gasteiger partial charge on any atom is -0.392 e. The molecule has 0 spiro atoms. The van der Waals surface area contributed by atoms with Crippen molar-refractivity contribution in [1.82, 2.24) is 10.2 Å². The van der Waals surface area contributed by atoms with Crippen LogP contribution in [0.4, 0.5) is 0 Å². The van der Waals surface area contributed by atoms with Crippen molar-refractivity contribution in [3.05, 3.63) is 34.9 Å². The average molecular weight is 299 g/mol. The molecule has 0 aromatic heterocycles. The molecule has 0 aliphatic rings. The zero-order valence-corrected chi connectivity index (χ0v) is 13.0. The van der Waals surface area contributed by atoms with E-state index in [0.717, 1.165) is 5.56 Å². The van der Waals surface area contributed by atoms with E-state index < -0.39 is 6.10 Å². The van der Waals surface area contributed by atoms with E-state index in [2.05, 4.69) is 5.32 Å². The molecule has 0 bridgehead atoms. The Labute approximate surface area is 125 Å². The van der Waals surface area contributed by atoms with Gasteiger partial charge in [-0.05, 0) is 38.5 Å². The van der Waals surface area contributed by atoms with Crippen LogP contribution in [0.2, 0.25) is 5.02 Å². The van der Waals surface area contributed by atoms with Crippen LogP contribution in [0.25, 0.3) is 0 Å². The highest BCUT2D eigenvalue weighted by Crippen LogP contribution is 2.09. The number of halogens is 1. The van der Waals surface area contributed by atoms with Crippen molar-refractivity contribution in [3.63, 3.8) is 0 Å². The lowest BCUT2D eigenvalue weighted by Crippen LogP contribution is -2.43. The lowest BCUT2D eigenvalue weighted by atomic mass is 10.2. The maximum atomic E-state index is 11.9. The lowest BCUT2D eigenvalue weighted by molar-refractivity contribution is -0.123.